The molecule has 0 spiro atoms. The van der Waals surface area contributed by atoms with E-state index < -0.39 is 0 Å². The van der Waals surface area contributed by atoms with Crippen LogP contribution < -0.4 is 0 Å². The van der Waals surface area contributed by atoms with Crippen LogP contribution in [0.15, 0.2) is 12.2 Å². The van der Waals surface area contributed by atoms with Gasteiger partial charge in [-0.1, -0.05) is 25.5 Å². The molecule has 4 atom stereocenters. The molecule has 2 aliphatic carbocycles. The smallest absolute Gasteiger partial charge is 0.123 e. The monoisotopic (exact) mass is 164 g/mol. The Morgan fingerprint density at radius 1 is 1.42 bits per heavy atom. The number of carbonyl (C=O) groups is 1. The molecule has 0 aromatic heterocycles. The van der Waals surface area contributed by atoms with Crippen LogP contribution >= 0.6 is 0 Å². The minimum atomic E-state index is 0.347. The van der Waals surface area contributed by atoms with Crippen LogP contribution in [-0.2, 0) is 4.79 Å². The van der Waals surface area contributed by atoms with Gasteiger partial charge in [0.25, 0.3) is 0 Å². The number of hydrogen-bond acceptors (Lipinski definition) is 1. The third-order valence-electron chi connectivity index (χ3n) is 3.47. The average molecular weight is 164 g/mol. The number of fused-ring (bicyclic) bond motifs is 2. The van der Waals surface area contributed by atoms with Crippen LogP contribution in [0.2, 0.25) is 0 Å². The maximum atomic E-state index is 10.8. The van der Waals surface area contributed by atoms with Crippen molar-refractivity contribution in [3.63, 3.8) is 0 Å². The summed E-state index contributed by atoms with van der Waals surface area (Å²) in [6.07, 6.45) is 9.45. The molecule has 0 amide bonds. The minimum absolute atomic E-state index is 0.347. The van der Waals surface area contributed by atoms with Crippen LogP contribution in [0.3, 0.4) is 0 Å². The quantitative estimate of drug-likeness (QED) is 0.462. The van der Waals surface area contributed by atoms with E-state index in [4.69, 9.17) is 0 Å². The third-order valence-corrected chi connectivity index (χ3v) is 3.47. The van der Waals surface area contributed by atoms with Crippen molar-refractivity contribution in [1.29, 1.82) is 0 Å². The van der Waals surface area contributed by atoms with Gasteiger partial charge in [-0.25, -0.2) is 0 Å². The zero-order chi connectivity index (χ0) is 8.55. The van der Waals surface area contributed by atoms with Crippen molar-refractivity contribution in [2.75, 3.05) is 0 Å². The highest BCUT2D eigenvalue weighted by molar-refractivity contribution is 5.57. The fourth-order valence-corrected chi connectivity index (χ4v) is 2.90. The number of allylic oxidation sites excluding steroid dienone is 2. The van der Waals surface area contributed by atoms with Gasteiger partial charge in [-0.15, -0.1) is 0 Å². The summed E-state index contributed by atoms with van der Waals surface area (Å²) < 4.78 is 0. The SMILES string of the molecule is CCC[C@H]1[C@H](C=O)[C@H]2C=C[C@@H]1C2. The molecule has 0 heterocycles. The van der Waals surface area contributed by atoms with Gasteiger partial charge in [0, 0.05) is 5.92 Å². The van der Waals surface area contributed by atoms with E-state index >= 15 is 0 Å². The van der Waals surface area contributed by atoms with Gasteiger partial charge in [-0.05, 0) is 30.6 Å². The standard InChI is InChI=1S/C11H16O/c1-2-3-10-8-4-5-9(6-8)11(10)7-12/h4-5,7-11H,2-3,6H2,1H3/t8-,9+,10-,11-/m1/s1. The van der Waals surface area contributed by atoms with Crippen molar-refractivity contribution in [1.82, 2.24) is 0 Å². The lowest BCUT2D eigenvalue weighted by molar-refractivity contribution is -0.113. The Kier molecular flexibility index (Phi) is 2.03. The molecular weight excluding hydrogens is 148 g/mol. The summed E-state index contributed by atoms with van der Waals surface area (Å²) >= 11 is 0. The van der Waals surface area contributed by atoms with Gasteiger partial charge in [-0.2, -0.15) is 0 Å². The summed E-state index contributed by atoms with van der Waals surface area (Å²) in [5.74, 6) is 2.33. The van der Waals surface area contributed by atoms with Crippen molar-refractivity contribution >= 4 is 6.29 Å². The van der Waals surface area contributed by atoms with E-state index in [-0.39, 0.29) is 0 Å². The highest BCUT2D eigenvalue weighted by Crippen LogP contribution is 2.48. The maximum absolute atomic E-state index is 10.8. The topological polar surface area (TPSA) is 17.1 Å². The summed E-state index contributed by atoms with van der Waals surface area (Å²) in [6, 6.07) is 0. The molecular formula is C11H16O. The van der Waals surface area contributed by atoms with Gasteiger partial charge in [0.2, 0.25) is 0 Å². The zero-order valence-electron chi connectivity index (χ0n) is 7.57. The molecule has 66 valence electrons. The minimum Gasteiger partial charge on any atom is -0.303 e. The Morgan fingerprint density at radius 2 is 2.17 bits per heavy atom. The highest BCUT2D eigenvalue weighted by Gasteiger charge is 2.43. The average Bonchev–Trinajstić information content (AvgIpc) is 2.64. The molecule has 0 saturated heterocycles. The molecule has 12 heavy (non-hydrogen) atoms. The molecule has 0 aliphatic heterocycles. The third kappa shape index (κ3) is 1.03. The molecule has 0 unspecified atom stereocenters. The molecule has 1 saturated carbocycles. The lowest BCUT2D eigenvalue weighted by Gasteiger charge is -2.22. The van der Waals surface area contributed by atoms with E-state index in [0.29, 0.717) is 17.8 Å². The normalized spacial score (nSPS) is 43.8. The number of carbonyl (C=O) groups excluding carboxylic acids is 1. The summed E-state index contributed by atoms with van der Waals surface area (Å²) in [5, 5.41) is 0. The number of hydrogen-bond donors (Lipinski definition) is 0. The molecule has 1 heteroatoms. The number of rotatable bonds is 3. The van der Waals surface area contributed by atoms with Crippen LogP contribution in [0.1, 0.15) is 26.2 Å². The summed E-state index contributed by atoms with van der Waals surface area (Å²) in [4.78, 5) is 10.8. The van der Waals surface area contributed by atoms with Gasteiger partial charge in [-0.3, -0.25) is 0 Å². The largest absolute Gasteiger partial charge is 0.303 e. The van der Waals surface area contributed by atoms with Crippen LogP contribution in [0.5, 0.6) is 0 Å². The lowest BCUT2D eigenvalue weighted by atomic mass is 9.81. The van der Waals surface area contributed by atoms with E-state index in [1.54, 1.807) is 0 Å². The Morgan fingerprint density at radius 3 is 2.83 bits per heavy atom. The second kappa shape index (κ2) is 3.04. The Hall–Kier alpha value is -0.590. The van der Waals surface area contributed by atoms with Gasteiger partial charge >= 0.3 is 0 Å². The highest BCUT2D eigenvalue weighted by atomic mass is 16.1. The van der Waals surface area contributed by atoms with E-state index in [9.17, 15) is 4.79 Å². The first-order valence-electron chi connectivity index (χ1n) is 5.00. The predicted molar refractivity (Wildman–Crippen MR) is 48.7 cm³/mol. The summed E-state index contributed by atoms with van der Waals surface area (Å²) in [6.45, 7) is 2.21. The van der Waals surface area contributed by atoms with E-state index in [0.717, 1.165) is 5.92 Å². The molecule has 0 aromatic carbocycles. The van der Waals surface area contributed by atoms with Gasteiger partial charge in [0.05, 0.1) is 0 Å². The van der Waals surface area contributed by atoms with Gasteiger partial charge in [0.1, 0.15) is 6.29 Å². The molecule has 0 radical (unpaired) electrons. The van der Waals surface area contributed by atoms with Gasteiger partial charge in [0.15, 0.2) is 0 Å². The van der Waals surface area contributed by atoms with E-state index in [1.807, 2.05) is 0 Å². The fourth-order valence-electron chi connectivity index (χ4n) is 2.90. The molecule has 0 N–H and O–H groups in total. The van der Waals surface area contributed by atoms with E-state index in [2.05, 4.69) is 19.1 Å². The van der Waals surface area contributed by atoms with Crippen molar-refractivity contribution in [3.05, 3.63) is 12.2 Å². The van der Waals surface area contributed by atoms with Crippen molar-refractivity contribution in [2.24, 2.45) is 23.7 Å². The van der Waals surface area contributed by atoms with Crippen molar-refractivity contribution < 1.29 is 4.79 Å². The van der Waals surface area contributed by atoms with Crippen molar-refractivity contribution in [3.8, 4) is 0 Å². The predicted octanol–water partition coefficient (Wildman–Crippen LogP) is 2.42. The Labute approximate surface area is 73.8 Å². The molecule has 2 aliphatic rings. The van der Waals surface area contributed by atoms with Crippen LogP contribution in [0, 0.1) is 23.7 Å². The maximum Gasteiger partial charge on any atom is 0.123 e. The number of aldehydes is 1. The summed E-state index contributed by atoms with van der Waals surface area (Å²) in [5.41, 5.74) is 0. The van der Waals surface area contributed by atoms with Gasteiger partial charge < -0.3 is 4.79 Å². The first kappa shape index (κ1) is 8.03. The molecule has 1 nitrogen and oxygen atoms in total. The van der Waals surface area contributed by atoms with E-state index in [1.165, 1.54) is 25.5 Å². The first-order valence-corrected chi connectivity index (χ1v) is 5.00. The molecule has 2 bridgehead atoms. The molecule has 0 aromatic rings. The summed E-state index contributed by atoms with van der Waals surface area (Å²) in [7, 11) is 0. The molecule has 2 rings (SSSR count). The Balaban J connectivity index is 2.11. The zero-order valence-corrected chi connectivity index (χ0v) is 7.57. The van der Waals surface area contributed by atoms with Crippen molar-refractivity contribution in [2.45, 2.75) is 26.2 Å². The van der Waals surface area contributed by atoms with Crippen LogP contribution in [0.4, 0.5) is 0 Å². The second-order valence-electron chi connectivity index (χ2n) is 4.11. The first-order chi connectivity index (χ1) is 5.86. The van der Waals surface area contributed by atoms with Crippen LogP contribution in [-0.4, -0.2) is 6.29 Å². The molecule has 1 fully saturated rings. The van der Waals surface area contributed by atoms with Crippen LogP contribution in [0.25, 0.3) is 0 Å². The fraction of sp³-hybridized carbons (Fsp3) is 0.727. The Bertz CT molecular complexity index is 207. The lowest BCUT2D eigenvalue weighted by Crippen LogP contribution is -2.20. The second-order valence-corrected chi connectivity index (χ2v) is 4.11.